The number of pyridine rings is 1. The fourth-order valence-electron chi connectivity index (χ4n) is 3.41. The Morgan fingerprint density at radius 1 is 1.17 bits per heavy atom. The van der Waals surface area contributed by atoms with E-state index in [2.05, 4.69) is 20.2 Å². The van der Waals surface area contributed by atoms with E-state index in [4.69, 9.17) is 4.52 Å². The molecule has 0 aliphatic carbocycles. The molecule has 30 heavy (non-hydrogen) atoms. The van der Waals surface area contributed by atoms with Gasteiger partial charge in [-0.05, 0) is 43.5 Å². The van der Waals surface area contributed by atoms with Crippen LogP contribution in [-0.4, -0.2) is 42.8 Å². The Morgan fingerprint density at radius 3 is 2.53 bits per heavy atom. The first-order chi connectivity index (χ1) is 14.4. The maximum Gasteiger partial charge on any atom is 0.259 e. The van der Waals surface area contributed by atoms with Crippen molar-refractivity contribution in [3.63, 3.8) is 0 Å². The van der Waals surface area contributed by atoms with E-state index in [-0.39, 0.29) is 17.9 Å². The highest BCUT2D eigenvalue weighted by atomic mass is 16.5. The SMILES string of the molecule is Cc1noc2nc(C(C)C)cc(C(=O)N(C)C(C)c3ccc(-n4cncn4)cc3)c12. The van der Waals surface area contributed by atoms with Gasteiger partial charge < -0.3 is 9.42 Å². The number of rotatable bonds is 5. The van der Waals surface area contributed by atoms with Crippen LogP contribution < -0.4 is 0 Å². The molecule has 0 aliphatic heterocycles. The number of carbonyl (C=O) groups excluding carboxylic acids is 1. The van der Waals surface area contributed by atoms with E-state index in [9.17, 15) is 4.79 Å². The summed E-state index contributed by atoms with van der Waals surface area (Å²) in [7, 11) is 1.81. The normalized spacial score (nSPS) is 12.5. The smallest absolute Gasteiger partial charge is 0.259 e. The summed E-state index contributed by atoms with van der Waals surface area (Å²) in [6.45, 7) is 7.90. The molecule has 0 fully saturated rings. The van der Waals surface area contributed by atoms with E-state index in [1.54, 1.807) is 15.9 Å². The molecule has 1 atom stereocenters. The van der Waals surface area contributed by atoms with Gasteiger partial charge >= 0.3 is 0 Å². The van der Waals surface area contributed by atoms with Gasteiger partial charge in [0.1, 0.15) is 12.7 Å². The van der Waals surface area contributed by atoms with Gasteiger partial charge in [0, 0.05) is 12.7 Å². The molecule has 0 aliphatic rings. The van der Waals surface area contributed by atoms with Crippen LogP contribution in [0.4, 0.5) is 0 Å². The predicted octanol–water partition coefficient (Wildman–Crippen LogP) is 4.07. The van der Waals surface area contributed by atoms with Crippen molar-refractivity contribution in [1.82, 2.24) is 29.8 Å². The second-order valence-corrected chi connectivity index (χ2v) is 7.72. The molecule has 1 unspecified atom stereocenters. The molecule has 154 valence electrons. The maximum absolute atomic E-state index is 13.5. The fourth-order valence-corrected chi connectivity index (χ4v) is 3.41. The van der Waals surface area contributed by atoms with Gasteiger partial charge in [0.25, 0.3) is 11.6 Å². The van der Waals surface area contributed by atoms with Crippen LogP contribution in [0.3, 0.4) is 0 Å². The third-order valence-corrected chi connectivity index (χ3v) is 5.42. The number of nitrogens with zero attached hydrogens (tertiary/aromatic N) is 6. The number of amides is 1. The first-order valence-electron chi connectivity index (χ1n) is 9.86. The highest BCUT2D eigenvalue weighted by Gasteiger charge is 2.25. The quantitative estimate of drug-likeness (QED) is 0.498. The van der Waals surface area contributed by atoms with Crippen LogP contribution in [0.5, 0.6) is 0 Å². The zero-order valence-electron chi connectivity index (χ0n) is 17.7. The topological polar surface area (TPSA) is 89.9 Å². The molecule has 0 saturated carbocycles. The second kappa shape index (κ2) is 7.70. The zero-order chi connectivity index (χ0) is 21.4. The molecule has 8 nitrogen and oxygen atoms in total. The number of aromatic nitrogens is 5. The van der Waals surface area contributed by atoms with E-state index in [1.165, 1.54) is 6.33 Å². The fraction of sp³-hybridized carbons (Fsp3) is 0.318. The highest BCUT2D eigenvalue weighted by Crippen LogP contribution is 2.28. The van der Waals surface area contributed by atoms with Crippen LogP contribution in [0.2, 0.25) is 0 Å². The Labute approximate surface area is 174 Å². The summed E-state index contributed by atoms with van der Waals surface area (Å²) in [5.41, 5.74) is 4.37. The van der Waals surface area contributed by atoms with E-state index < -0.39 is 0 Å². The average molecular weight is 404 g/mol. The number of aryl methyl sites for hydroxylation is 1. The average Bonchev–Trinajstić information content (AvgIpc) is 3.42. The molecular formula is C22H24N6O2. The highest BCUT2D eigenvalue weighted by molar-refractivity contribution is 6.06. The molecule has 0 spiro atoms. The summed E-state index contributed by atoms with van der Waals surface area (Å²) >= 11 is 0. The molecule has 4 rings (SSSR count). The van der Waals surface area contributed by atoms with Crippen molar-refractivity contribution >= 4 is 17.0 Å². The van der Waals surface area contributed by atoms with Crippen molar-refractivity contribution in [3.05, 3.63) is 65.5 Å². The van der Waals surface area contributed by atoms with Crippen LogP contribution in [0.1, 0.15) is 60.0 Å². The van der Waals surface area contributed by atoms with Crippen molar-refractivity contribution in [2.24, 2.45) is 0 Å². The minimum absolute atomic E-state index is 0.0940. The van der Waals surface area contributed by atoms with Gasteiger partial charge in [-0.2, -0.15) is 5.10 Å². The van der Waals surface area contributed by atoms with E-state index >= 15 is 0 Å². The van der Waals surface area contributed by atoms with Crippen LogP contribution in [0.15, 0.2) is 47.5 Å². The van der Waals surface area contributed by atoms with E-state index in [0.717, 1.165) is 16.9 Å². The number of benzene rings is 1. The van der Waals surface area contributed by atoms with Gasteiger partial charge in [-0.15, -0.1) is 0 Å². The summed E-state index contributed by atoms with van der Waals surface area (Å²) in [4.78, 5) is 23.7. The molecule has 8 heteroatoms. The van der Waals surface area contributed by atoms with Gasteiger partial charge in [-0.25, -0.2) is 14.6 Å². The molecule has 1 aromatic carbocycles. The summed E-state index contributed by atoms with van der Waals surface area (Å²) in [6.07, 6.45) is 3.15. The van der Waals surface area contributed by atoms with Crippen LogP contribution in [-0.2, 0) is 0 Å². The summed E-state index contributed by atoms with van der Waals surface area (Å²) < 4.78 is 7.05. The van der Waals surface area contributed by atoms with Gasteiger partial charge in [-0.1, -0.05) is 31.1 Å². The predicted molar refractivity (Wildman–Crippen MR) is 112 cm³/mol. The van der Waals surface area contributed by atoms with Crippen LogP contribution in [0, 0.1) is 6.92 Å². The van der Waals surface area contributed by atoms with Gasteiger partial charge in [0.05, 0.1) is 28.4 Å². The Hall–Kier alpha value is -3.55. The van der Waals surface area contributed by atoms with E-state index in [1.807, 2.05) is 65.1 Å². The Balaban J connectivity index is 1.65. The molecule has 1 amide bonds. The Morgan fingerprint density at radius 2 is 1.90 bits per heavy atom. The third-order valence-electron chi connectivity index (χ3n) is 5.42. The minimum atomic E-state index is -0.131. The molecule has 0 saturated heterocycles. The number of carbonyl (C=O) groups is 1. The lowest BCUT2D eigenvalue weighted by Crippen LogP contribution is -2.30. The Bertz CT molecular complexity index is 1180. The molecule has 0 N–H and O–H groups in total. The van der Waals surface area contributed by atoms with Crippen molar-refractivity contribution in [3.8, 4) is 5.69 Å². The molecule has 4 aromatic rings. The summed E-state index contributed by atoms with van der Waals surface area (Å²) in [6, 6.07) is 9.65. The summed E-state index contributed by atoms with van der Waals surface area (Å²) in [5.74, 6) is 0.0712. The second-order valence-electron chi connectivity index (χ2n) is 7.72. The molecule has 3 heterocycles. The van der Waals surface area contributed by atoms with Crippen molar-refractivity contribution < 1.29 is 9.32 Å². The molecule has 0 radical (unpaired) electrons. The lowest BCUT2D eigenvalue weighted by atomic mass is 10.0. The Kier molecular flexibility index (Phi) is 5.07. The van der Waals surface area contributed by atoms with Crippen molar-refractivity contribution in [2.75, 3.05) is 7.05 Å². The van der Waals surface area contributed by atoms with E-state index in [0.29, 0.717) is 22.4 Å². The zero-order valence-corrected chi connectivity index (χ0v) is 17.7. The number of fused-ring (bicyclic) bond motifs is 1. The third kappa shape index (κ3) is 3.45. The van der Waals surface area contributed by atoms with Gasteiger partial charge in [0.15, 0.2) is 0 Å². The standard InChI is InChI=1S/C22H24N6O2/c1-13(2)19-10-18(20-14(3)26-30-21(20)25-19)22(29)27(5)15(4)16-6-8-17(9-7-16)28-12-23-11-24-28/h6-13,15H,1-5H3. The molecular weight excluding hydrogens is 380 g/mol. The lowest BCUT2D eigenvalue weighted by molar-refractivity contribution is 0.0744. The number of hydrogen-bond acceptors (Lipinski definition) is 6. The largest absolute Gasteiger partial charge is 0.336 e. The monoisotopic (exact) mass is 404 g/mol. The van der Waals surface area contributed by atoms with Gasteiger partial charge in [-0.3, -0.25) is 4.79 Å². The first-order valence-corrected chi connectivity index (χ1v) is 9.86. The minimum Gasteiger partial charge on any atom is -0.336 e. The van der Waals surface area contributed by atoms with Crippen molar-refractivity contribution in [1.29, 1.82) is 0 Å². The molecule has 3 aromatic heterocycles. The van der Waals surface area contributed by atoms with Crippen LogP contribution >= 0.6 is 0 Å². The maximum atomic E-state index is 13.5. The van der Waals surface area contributed by atoms with Crippen LogP contribution in [0.25, 0.3) is 16.8 Å². The lowest BCUT2D eigenvalue weighted by Gasteiger charge is -2.26. The molecule has 0 bridgehead atoms. The van der Waals surface area contributed by atoms with Crippen molar-refractivity contribution in [2.45, 2.75) is 39.7 Å². The van der Waals surface area contributed by atoms with Gasteiger partial charge in [0.2, 0.25) is 0 Å². The summed E-state index contributed by atoms with van der Waals surface area (Å²) in [5, 5.41) is 8.82. The number of hydrogen-bond donors (Lipinski definition) is 0. The first kappa shape index (κ1) is 19.8.